The number of sulfonamides is 1. The maximum Gasteiger partial charge on any atom is 0.253 e. The maximum atomic E-state index is 13.0. The van der Waals surface area contributed by atoms with E-state index >= 15 is 0 Å². The number of methoxy groups -OCH3 is 1. The van der Waals surface area contributed by atoms with Crippen molar-refractivity contribution in [2.45, 2.75) is 26.8 Å². The molecule has 168 valence electrons. The quantitative estimate of drug-likeness (QED) is 0.575. The van der Waals surface area contributed by atoms with Gasteiger partial charge < -0.3 is 15.4 Å². The molecule has 1 unspecified atom stereocenters. The van der Waals surface area contributed by atoms with Gasteiger partial charge >= 0.3 is 0 Å². The van der Waals surface area contributed by atoms with Gasteiger partial charge in [0.1, 0.15) is 6.04 Å². The van der Waals surface area contributed by atoms with Crippen molar-refractivity contribution in [1.29, 1.82) is 0 Å². The van der Waals surface area contributed by atoms with Crippen molar-refractivity contribution in [3.05, 3.63) is 59.2 Å². The number of hydrogen-bond donors (Lipinski definition) is 2. The van der Waals surface area contributed by atoms with E-state index in [9.17, 15) is 18.0 Å². The van der Waals surface area contributed by atoms with Crippen LogP contribution in [0.5, 0.6) is 0 Å². The molecule has 8 nitrogen and oxygen atoms in total. The van der Waals surface area contributed by atoms with Crippen molar-refractivity contribution >= 4 is 33.2 Å². The molecule has 31 heavy (non-hydrogen) atoms. The molecule has 0 bridgehead atoms. The fourth-order valence-corrected chi connectivity index (χ4v) is 4.23. The Morgan fingerprint density at radius 3 is 2.39 bits per heavy atom. The lowest BCUT2D eigenvalue weighted by Gasteiger charge is -2.29. The second kappa shape index (κ2) is 10.4. The SMILES string of the molecule is COCCNC(=O)c1ccccc1NC(=O)C(C)N(c1ccc(C)c(C)c1)S(C)(=O)=O. The molecular formula is C22H29N3O5S. The highest BCUT2D eigenvalue weighted by Crippen LogP contribution is 2.25. The summed E-state index contributed by atoms with van der Waals surface area (Å²) in [5, 5.41) is 5.40. The highest BCUT2D eigenvalue weighted by Gasteiger charge is 2.30. The molecule has 2 N–H and O–H groups in total. The fraction of sp³-hybridized carbons (Fsp3) is 0.364. The van der Waals surface area contributed by atoms with Gasteiger partial charge in [-0.15, -0.1) is 0 Å². The van der Waals surface area contributed by atoms with E-state index in [0.717, 1.165) is 21.7 Å². The van der Waals surface area contributed by atoms with Gasteiger partial charge in [-0.25, -0.2) is 8.42 Å². The number of nitrogens with zero attached hydrogens (tertiary/aromatic N) is 1. The summed E-state index contributed by atoms with van der Waals surface area (Å²) in [6.07, 6.45) is 1.06. The van der Waals surface area contributed by atoms with Gasteiger partial charge in [0.05, 0.1) is 29.8 Å². The first-order valence-electron chi connectivity index (χ1n) is 9.80. The summed E-state index contributed by atoms with van der Waals surface area (Å²) in [7, 11) is -2.21. The third-order valence-electron chi connectivity index (χ3n) is 4.85. The number of aryl methyl sites for hydroxylation is 2. The van der Waals surface area contributed by atoms with Crippen LogP contribution in [0, 0.1) is 13.8 Å². The Balaban J connectivity index is 2.29. The molecule has 2 amide bonds. The number of amides is 2. The molecule has 2 rings (SSSR count). The van der Waals surface area contributed by atoms with Crippen molar-refractivity contribution in [2.24, 2.45) is 0 Å². The number of ether oxygens (including phenoxy) is 1. The zero-order chi connectivity index (χ0) is 23.2. The first kappa shape index (κ1) is 24.4. The third-order valence-corrected chi connectivity index (χ3v) is 6.10. The lowest BCUT2D eigenvalue weighted by atomic mass is 10.1. The monoisotopic (exact) mass is 447 g/mol. The molecule has 0 saturated carbocycles. The number of benzene rings is 2. The van der Waals surface area contributed by atoms with Gasteiger partial charge in [0, 0.05) is 13.7 Å². The Bertz CT molecular complexity index is 1050. The van der Waals surface area contributed by atoms with Crippen LogP contribution in [0.4, 0.5) is 11.4 Å². The molecule has 0 heterocycles. The van der Waals surface area contributed by atoms with Crippen LogP contribution in [0.2, 0.25) is 0 Å². The lowest BCUT2D eigenvalue weighted by Crippen LogP contribution is -2.45. The first-order valence-corrected chi connectivity index (χ1v) is 11.6. The van der Waals surface area contributed by atoms with Crippen molar-refractivity contribution in [3.63, 3.8) is 0 Å². The Hall–Kier alpha value is -2.91. The smallest absolute Gasteiger partial charge is 0.253 e. The highest BCUT2D eigenvalue weighted by molar-refractivity contribution is 7.92. The number of carbonyl (C=O) groups is 2. The predicted octanol–water partition coefficient (Wildman–Crippen LogP) is 2.47. The standard InChI is InChI=1S/C22H29N3O5S/c1-15-10-11-18(14-16(15)2)25(31(5,28)29)17(3)21(26)24-20-9-7-6-8-19(20)22(27)23-12-13-30-4/h6-11,14,17H,12-13H2,1-5H3,(H,23,27)(H,24,26). The van der Waals surface area contributed by atoms with E-state index in [1.165, 1.54) is 14.0 Å². The average molecular weight is 448 g/mol. The van der Waals surface area contributed by atoms with Crippen LogP contribution >= 0.6 is 0 Å². The van der Waals surface area contributed by atoms with Crippen LogP contribution in [-0.2, 0) is 19.6 Å². The molecule has 2 aromatic carbocycles. The molecule has 9 heteroatoms. The summed E-state index contributed by atoms with van der Waals surface area (Å²) >= 11 is 0. The molecule has 0 saturated heterocycles. The summed E-state index contributed by atoms with van der Waals surface area (Å²) in [5.41, 5.74) is 2.90. The normalized spacial score (nSPS) is 12.2. The van der Waals surface area contributed by atoms with E-state index < -0.39 is 22.0 Å². The fourth-order valence-electron chi connectivity index (χ4n) is 3.06. The Morgan fingerprint density at radius 2 is 1.77 bits per heavy atom. The zero-order valence-corrected chi connectivity index (χ0v) is 19.2. The van der Waals surface area contributed by atoms with E-state index in [1.807, 2.05) is 19.9 Å². The number of hydrogen-bond acceptors (Lipinski definition) is 5. The van der Waals surface area contributed by atoms with E-state index in [2.05, 4.69) is 10.6 Å². The molecule has 0 aliphatic rings. The second-order valence-electron chi connectivity index (χ2n) is 7.29. The largest absolute Gasteiger partial charge is 0.383 e. The minimum Gasteiger partial charge on any atom is -0.383 e. The molecule has 0 spiro atoms. The van der Waals surface area contributed by atoms with Gasteiger partial charge in [-0.1, -0.05) is 18.2 Å². The number of para-hydroxylation sites is 1. The van der Waals surface area contributed by atoms with Crippen molar-refractivity contribution in [2.75, 3.05) is 36.1 Å². The number of nitrogens with one attached hydrogen (secondary N) is 2. The summed E-state index contributed by atoms with van der Waals surface area (Å²) in [6.45, 7) is 5.99. The highest BCUT2D eigenvalue weighted by atomic mass is 32.2. The molecule has 2 aromatic rings. The average Bonchev–Trinajstić information content (AvgIpc) is 2.70. The van der Waals surface area contributed by atoms with Crippen LogP contribution < -0.4 is 14.9 Å². The summed E-state index contributed by atoms with van der Waals surface area (Å²) in [6, 6.07) is 10.7. The van der Waals surface area contributed by atoms with Gasteiger partial charge in [-0.2, -0.15) is 0 Å². The van der Waals surface area contributed by atoms with Crippen molar-refractivity contribution in [1.82, 2.24) is 5.32 Å². The number of rotatable bonds is 9. The third kappa shape index (κ3) is 6.28. The van der Waals surface area contributed by atoms with Gasteiger partial charge in [0.15, 0.2) is 0 Å². The maximum absolute atomic E-state index is 13.0. The molecule has 0 radical (unpaired) electrons. The Morgan fingerprint density at radius 1 is 1.10 bits per heavy atom. The van der Waals surface area contributed by atoms with Gasteiger partial charge in [0.25, 0.3) is 5.91 Å². The van der Waals surface area contributed by atoms with Gasteiger partial charge in [-0.05, 0) is 56.2 Å². The zero-order valence-electron chi connectivity index (χ0n) is 18.4. The van der Waals surface area contributed by atoms with Crippen LogP contribution in [0.25, 0.3) is 0 Å². The Kier molecular flexibility index (Phi) is 8.18. The topological polar surface area (TPSA) is 105 Å². The van der Waals surface area contributed by atoms with E-state index in [1.54, 1.807) is 36.4 Å². The Labute approximate surface area is 183 Å². The van der Waals surface area contributed by atoms with E-state index in [-0.39, 0.29) is 11.5 Å². The van der Waals surface area contributed by atoms with Crippen molar-refractivity contribution in [3.8, 4) is 0 Å². The number of carbonyl (C=O) groups excluding carboxylic acids is 2. The summed E-state index contributed by atoms with van der Waals surface area (Å²) in [4.78, 5) is 25.4. The van der Waals surface area contributed by atoms with Crippen LogP contribution in [0.15, 0.2) is 42.5 Å². The van der Waals surface area contributed by atoms with E-state index in [4.69, 9.17) is 4.74 Å². The summed E-state index contributed by atoms with van der Waals surface area (Å²) < 4.78 is 31.0. The minimum absolute atomic E-state index is 0.274. The second-order valence-corrected chi connectivity index (χ2v) is 9.15. The summed E-state index contributed by atoms with van der Waals surface area (Å²) in [5.74, 6) is -0.921. The molecule has 0 fully saturated rings. The van der Waals surface area contributed by atoms with Crippen LogP contribution in [0.3, 0.4) is 0 Å². The first-order chi connectivity index (χ1) is 14.6. The molecule has 0 aliphatic heterocycles. The number of anilines is 2. The lowest BCUT2D eigenvalue weighted by molar-refractivity contribution is -0.116. The predicted molar refractivity (Wildman–Crippen MR) is 122 cm³/mol. The molecule has 0 aromatic heterocycles. The molecular weight excluding hydrogens is 418 g/mol. The van der Waals surface area contributed by atoms with E-state index in [0.29, 0.717) is 24.5 Å². The molecule has 0 aliphatic carbocycles. The van der Waals surface area contributed by atoms with Crippen LogP contribution in [-0.4, -0.2) is 52.8 Å². The van der Waals surface area contributed by atoms with Gasteiger partial charge in [0.2, 0.25) is 15.9 Å². The van der Waals surface area contributed by atoms with Gasteiger partial charge in [-0.3, -0.25) is 13.9 Å². The molecule has 1 atom stereocenters. The minimum atomic E-state index is -3.75. The van der Waals surface area contributed by atoms with Crippen molar-refractivity contribution < 1.29 is 22.7 Å². The van der Waals surface area contributed by atoms with Crippen LogP contribution in [0.1, 0.15) is 28.4 Å².